The molecule has 1 aliphatic carbocycles. The zero-order valence-corrected chi connectivity index (χ0v) is 11.1. The molecular weight excluding hydrogens is 212 g/mol. The molecule has 94 valence electrons. The first-order valence-corrected chi connectivity index (χ1v) is 6.48. The largest absolute Gasteiger partial charge is 0.496 e. The van der Waals surface area contributed by atoms with Gasteiger partial charge in [0.15, 0.2) is 0 Å². The molecule has 0 atom stereocenters. The molecule has 0 radical (unpaired) electrons. The van der Waals surface area contributed by atoms with Crippen molar-refractivity contribution in [3.63, 3.8) is 0 Å². The van der Waals surface area contributed by atoms with Gasteiger partial charge in [-0.2, -0.15) is 0 Å². The van der Waals surface area contributed by atoms with Crippen LogP contribution in [0, 0.1) is 6.92 Å². The molecule has 0 amide bonds. The van der Waals surface area contributed by atoms with Gasteiger partial charge in [0.05, 0.1) is 14.2 Å². The molecule has 0 aromatic heterocycles. The highest BCUT2D eigenvalue weighted by Gasteiger charge is 2.23. The molecule has 1 aliphatic rings. The molecule has 0 aliphatic heterocycles. The van der Waals surface area contributed by atoms with E-state index in [0.29, 0.717) is 5.92 Å². The van der Waals surface area contributed by atoms with Crippen LogP contribution < -0.4 is 9.47 Å². The van der Waals surface area contributed by atoms with E-state index in [0.717, 1.165) is 11.5 Å². The summed E-state index contributed by atoms with van der Waals surface area (Å²) < 4.78 is 11.1. The highest BCUT2D eigenvalue weighted by Crippen LogP contribution is 2.43. The van der Waals surface area contributed by atoms with Gasteiger partial charge in [-0.1, -0.05) is 19.3 Å². The molecule has 1 aromatic carbocycles. The first-order chi connectivity index (χ1) is 8.26. The van der Waals surface area contributed by atoms with Crippen LogP contribution in [-0.2, 0) is 0 Å². The zero-order chi connectivity index (χ0) is 12.3. The van der Waals surface area contributed by atoms with Crippen molar-refractivity contribution in [2.45, 2.75) is 44.9 Å². The summed E-state index contributed by atoms with van der Waals surface area (Å²) >= 11 is 0. The van der Waals surface area contributed by atoms with Gasteiger partial charge >= 0.3 is 0 Å². The van der Waals surface area contributed by atoms with E-state index in [1.165, 1.54) is 43.2 Å². The molecule has 0 unspecified atom stereocenters. The van der Waals surface area contributed by atoms with E-state index in [1.54, 1.807) is 14.2 Å². The van der Waals surface area contributed by atoms with Crippen molar-refractivity contribution < 1.29 is 9.47 Å². The molecular formula is C15H22O2. The van der Waals surface area contributed by atoms with Crippen LogP contribution in [0.5, 0.6) is 11.5 Å². The van der Waals surface area contributed by atoms with Gasteiger partial charge in [0.1, 0.15) is 11.5 Å². The summed E-state index contributed by atoms with van der Waals surface area (Å²) in [5.74, 6) is 2.59. The predicted molar refractivity (Wildman–Crippen MR) is 70.1 cm³/mol. The van der Waals surface area contributed by atoms with Crippen LogP contribution in [0.4, 0.5) is 0 Å². The maximum absolute atomic E-state index is 5.54. The summed E-state index contributed by atoms with van der Waals surface area (Å²) in [4.78, 5) is 0. The fraction of sp³-hybridized carbons (Fsp3) is 0.600. The highest BCUT2D eigenvalue weighted by atomic mass is 16.5. The number of hydrogen-bond acceptors (Lipinski definition) is 2. The summed E-state index contributed by atoms with van der Waals surface area (Å²) in [7, 11) is 3.50. The third kappa shape index (κ3) is 2.56. The number of rotatable bonds is 3. The van der Waals surface area contributed by atoms with E-state index in [-0.39, 0.29) is 0 Å². The van der Waals surface area contributed by atoms with Gasteiger partial charge in [0.2, 0.25) is 0 Å². The number of ether oxygens (including phenoxy) is 2. The molecule has 2 rings (SSSR count). The van der Waals surface area contributed by atoms with Gasteiger partial charge in [-0.15, -0.1) is 0 Å². The molecule has 0 heterocycles. The summed E-state index contributed by atoms with van der Waals surface area (Å²) in [5, 5.41) is 0. The molecule has 0 N–H and O–H groups in total. The second kappa shape index (κ2) is 5.44. The fourth-order valence-electron chi connectivity index (χ4n) is 2.86. The lowest BCUT2D eigenvalue weighted by Gasteiger charge is -2.25. The van der Waals surface area contributed by atoms with Crippen molar-refractivity contribution >= 4 is 0 Å². The summed E-state index contributed by atoms with van der Waals surface area (Å²) in [5.41, 5.74) is 2.47. The van der Waals surface area contributed by atoms with Crippen LogP contribution in [0.15, 0.2) is 12.1 Å². The Bertz CT molecular complexity index is 354. The van der Waals surface area contributed by atoms with Gasteiger partial charge in [0.25, 0.3) is 0 Å². The van der Waals surface area contributed by atoms with Gasteiger partial charge in [-0.25, -0.2) is 0 Å². The van der Waals surface area contributed by atoms with Crippen LogP contribution >= 0.6 is 0 Å². The summed E-state index contributed by atoms with van der Waals surface area (Å²) in [6, 6.07) is 4.24. The second-order valence-corrected chi connectivity index (χ2v) is 4.92. The standard InChI is InChI=1S/C15H22O2/c1-11-9-13(16-2)15(14(10-11)17-3)12-7-5-4-6-8-12/h9-10,12H,4-8H2,1-3H3. The fourth-order valence-corrected chi connectivity index (χ4v) is 2.86. The lowest BCUT2D eigenvalue weighted by atomic mass is 9.83. The smallest absolute Gasteiger partial charge is 0.126 e. The van der Waals surface area contributed by atoms with Crippen LogP contribution in [0.3, 0.4) is 0 Å². The first-order valence-electron chi connectivity index (χ1n) is 6.48. The molecule has 2 nitrogen and oxygen atoms in total. The quantitative estimate of drug-likeness (QED) is 0.785. The Morgan fingerprint density at radius 3 is 1.94 bits per heavy atom. The molecule has 0 spiro atoms. The maximum Gasteiger partial charge on any atom is 0.126 e. The normalized spacial score (nSPS) is 16.9. The van der Waals surface area contributed by atoms with Gasteiger partial charge in [0, 0.05) is 5.56 Å². The Balaban J connectivity index is 2.41. The van der Waals surface area contributed by atoms with Crippen molar-refractivity contribution in [2.24, 2.45) is 0 Å². The van der Waals surface area contributed by atoms with Crippen molar-refractivity contribution in [2.75, 3.05) is 14.2 Å². The van der Waals surface area contributed by atoms with Crippen molar-refractivity contribution in [1.82, 2.24) is 0 Å². The maximum atomic E-state index is 5.54. The third-order valence-electron chi connectivity index (χ3n) is 3.70. The minimum absolute atomic E-state index is 0.606. The van der Waals surface area contributed by atoms with E-state index in [9.17, 15) is 0 Å². The predicted octanol–water partition coefficient (Wildman–Crippen LogP) is 4.06. The Labute approximate surface area is 104 Å². The Morgan fingerprint density at radius 1 is 0.941 bits per heavy atom. The van der Waals surface area contributed by atoms with E-state index in [2.05, 4.69) is 19.1 Å². The van der Waals surface area contributed by atoms with Crippen molar-refractivity contribution in [3.05, 3.63) is 23.3 Å². The molecule has 0 saturated heterocycles. The van der Waals surface area contributed by atoms with E-state index < -0.39 is 0 Å². The van der Waals surface area contributed by atoms with Crippen LogP contribution in [-0.4, -0.2) is 14.2 Å². The molecule has 1 aromatic rings. The molecule has 2 heteroatoms. The van der Waals surface area contributed by atoms with Crippen LogP contribution in [0.25, 0.3) is 0 Å². The third-order valence-corrected chi connectivity index (χ3v) is 3.70. The average Bonchev–Trinajstić information content (AvgIpc) is 2.38. The Morgan fingerprint density at radius 2 is 1.47 bits per heavy atom. The Kier molecular flexibility index (Phi) is 3.93. The number of hydrogen-bond donors (Lipinski definition) is 0. The highest BCUT2D eigenvalue weighted by molar-refractivity contribution is 5.50. The average molecular weight is 234 g/mol. The van der Waals surface area contributed by atoms with Crippen molar-refractivity contribution in [1.29, 1.82) is 0 Å². The lowest BCUT2D eigenvalue weighted by Crippen LogP contribution is -2.08. The van der Waals surface area contributed by atoms with Crippen LogP contribution in [0.2, 0.25) is 0 Å². The SMILES string of the molecule is COc1cc(C)cc(OC)c1C1CCCCC1. The minimum atomic E-state index is 0.606. The van der Waals surface area contributed by atoms with Gasteiger partial charge < -0.3 is 9.47 Å². The molecule has 1 fully saturated rings. The number of methoxy groups -OCH3 is 2. The van der Waals surface area contributed by atoms with Crippen molar-refractivity contribution in [3.8, 4) is 11.5 Å². The minimum Gasteiger partial charge on any atom is -0.496 e. The van der Waals surface area contributed by atoms with Gasteiger partial charge in [-0.05, 0) is 43.4 Å². The van der Waals surface area contributed by atoms with E-state index in [4.69, 9.17) is 9.47 Å². The lowest BCUT2D eigenvalue weighted by molar-refractivity contribution is 0.359. The number of aryl methyl sites for hydroxylation is 1. The van der Waals surface area contributed by atoms with Gasteiger partial charge in [-0.3, -0.25) is 0 Å². The molecule has 17 heavy (non-hydrogen) atoms. The molecule has 0 bridgehead atoms. The monoisotopic (exact) mass is 234 g/mol. The molecule has 1 saturated carbocycles. The number of benzene rings is 1. The zero-order valence-electron chi connectivity index (χ0n) is 11.1. The van der Waals surface area contributed by atoms with E-state index >= 15 is 0 Å². The van der Waals surface area contributed by atoms with E-state index in [1.807, 2.05) is 0 Å². The van der Waals surface area contributed by atoms with Crippen LogP contribution in [0.1, 0.15) is 49.1 Å². The second-order valence-electron chi connectivity index (χ2n) is 4.92. The summed E-state index contributed by atoms with van der Waals surface area (Å²) in [6.07, 6.45) is 6.54. The Hall–Kier alpha value is -1.18. The topological polar surface area (TPSA) is 18.5 Å². The summed E-state index contributed by atoms with van der Waals surface area (Å²) in [6.45, 7) is 2.08. The first kappa shape index (κ1) is 12.3.